The molecule has 0 spiro atoms. The lowest BCUT2D eigenvalue weighted by Crippen LogP contribution is -2.24. The smallest absolute Gasteiger partial charge is 0.165 e. The van der Waals surface area contributed by atoms with Crippen molar-refractivity contribution in [3.8, 4) is 16.9 Å². The van der Waals surface area contributed by atoms with Gasteiger partial charge in [-0.15, -0.1) is 0 Å². The van der Waals surface area contributed by atoms with E-state index in [0.29, 0.717) is 0 Å². The molecule has 0 amide bonds. The summed E-state index contributed by atoms with van der Waals surface area (Å²) in [7, 11) is 1.46. The third-order valence-electron chi connectivity index (χ3n) is 4.46. The lowest BCUT2D eigenvalue weighted by atomic mass is 10.1. The van der Waals surface area contributed by atoms with Crippen molar-refractivity contribution in [2.24, 2.45) is 0 Å². The first kappa shape index (κ1) is 17.0. The minimum Gasteiger partial charge on any atom is -0.494 e. The van der Waals surface area contributed by atoms with Crippen LogP contribution >= 0.6 is 22.6 Å². The van der Waals surface area contributed by atoms with Crippen LogP contribution in [0.5, 0.6) is 5.75 Å². The van der Waals surface area contributed by atoms with E-state index in [1.807, 2.05) is 48.4 Å². The van der Waals surface area contributed by atoms with Gasteiger partial charge in [0.15, 0.2) is 11.6 Å². The van der Waals surface area contributed by atoms with Crippen LogP contribution in [-0.2, 0) is 3.55 Å². The molecule has 1 N–H and O–H groups in total. The molecule has 4 aromatic rings. The van der Waals surface area contributed by atoms with Gasteiger partial charge in [-0.2, -0.15) is 5.10 Å². The molecule has 0 aliphatic rings. The highest BCUT2D eigenvalue weighted by molar-refractivity contribution is 14.1. The Labute approximate surface area is 163 Å². The van der Waals surface area contributed by atoms with E-state index in [0.717, 1.165) is 27.7 Å². The Kier molecular flexibility index (Phi) is 4.18. The highest BCUT2D eigenvalue weighted by Crippen LogP contribution is 2.36. The first-order valence-electron chi connectivity index (χ1n) is 8.01. The van der Waals surface area contributed by atoms with Crippen LogP contribution in [0, 0.1) is 5.82 Å². The Morgan fingerprint density at radius 2 is 2.12 bits per heavy atom. The number of ether oxygens (including phenoxy) is 1. The molecule has 3 heterocycles. The number of fused-ring (bicyclic) bond motifs is 1. The van der Waals surface area contributed by atoms with Crippen molar-refractivity contribution < 1.29 is 9.13 Å². The van der Waals surface area contributed by atoms with Gasteiger partial charge >= 0.3 is 0 Å². The molecular weight excluding hydrogens is 446 g/mol. The molecule has 3 aromatic heterocycles. The maximum absolute atomic E-state index is 14.1. The van der Waals surface area contributed by atoms with Gasteiger partial charge in [0.25, 0.3) is 0 Å². The van der Waals surface area contributed by atoms with Crippen molar-refractivity contribution in [3.05, 3.63) is 66.5 Å². The number of H-pyrrole nitrogens is 1. The molecule has 0 saturated heterocycles. The van der Waals surface area contributed by atoms with Gasteiger partial charge < -0.3 is 9.72 Å². The van der Waals surface area contributed by atoms with Crippen LogP contribution in [0.1, 0.15) is 12.5 Å². The number of benzene rings is 1. The Morgan fingerprint density at radius 3 is 2.88 bits per heavy atom. The quantitative estimate of drug-likeness (QED) is 0.353. The molecule has 5 nitrogen and oxygen atoms in total. The summed E-state index contributed by atoms with van der Waals surface area (Å²) in [4.78, 5) is 7.44. The number of nitrogens with one attached hydrogen (secondary N) is 1. The first-order valence-corrected chi connectivity index (χ1v) is 9.09. The van der Waals surface area contributed by atoms with Gasteiger partial charge in [0.05, 0.1) is 13.3 Å². The van der Waals surface area contributed by atoms with Crippen molar-refractivity contribution in [1.82, 2.24) is 19.7 Å². The summed E-state index contributed by atoms with van der Waals surface area (Å²) >= 11 is 2.27. The number of pyridine rings is 1. The summed E-state index contributed by atoms with van der Waals surface area (Å²) in [6.07, 6.45) is 7.43. The molecule has 1 atom stereocenters. The molecule has 0 saturated carbocycles. The van der Waals surface area contributed by atoms with E-state index in [1.54, 1.807) is 12.3 Å². The molecule has 132 valence electrons. The molecular formula is C19H16FIN4O. The van der Waals surface area contributed by atoms with Crippen molar-refractivity contribution in [2.45, 2.75) is 10.5 Å². The number of alkyl halides is 1. The van der Waals surface area contributed by atoms with E-state index in [4.69, 9.17) is 4.74 Å². The summed E-state index contributed by atoms with van der Waals surface area (Å²) in [6.45, 7) is 1.99. The van der Waals surface area contributed by atoms with Crippen molar-refractivity contribution in [3.63, 3.8) is 0 Å². The fourth-order valence-electron chi connectivity index (χ4n) is 2.99. The van der Waals surface area contributed by atoms with Gasteiger partial charge in [0, 0.05) is 29.5 Å². The number of nitrogens with zero attached hydrogens (tertiary/aromatic N) is 3. The third-order valence-corrected chi connectivity index (χ3v) is 5.58. The van der Waals surface area contributed by atoms with E-state index in [-0.39, 0.29) is 11.6 Å². The van der Waals surface area contributed by atoms with Crippen molar-refractivity contribution in [1.29, 1.82) is 0 Å². The highest BCUT2D eigenvalue weighted by Gasteiger charge is 2.27. The van der Waals surface area contributed by atoms with Gasteiger partial charge in [0.1, 0.15) is 9.19 Å². The number of aromatic nitrogens is 4. The van der Waals surface area contributed by atoms with Gasteiger partial charge in [0.2, 0.25) is 0 Å². The summed E-state index contributed by atoms with van der Waals surface area (Å²) in [5.41, 5.74) is 3.67. The van der Waals surface area contributed by atoms with Crippen molar-refractivity contribution >= 4 is 33.6 Å². The number of aromatic amines is 1. The highest BCUT2D eigenvalue weighted by atomic mass is 127. The van der Waals surface area contributed by atoms with Crippen molar-refractivity contribution in [2.75, 3.05) is 7.11 Å². The topological polar surface area (TPSA) is 55.7 Å². The van der Waals surface area contributed by atoms with Gasteiger partial charge in [-0.3, -0.25) is 4.68 Å². The zero-order valence-electron chi connectivity index (χ0n) is 14.2. The molecule has 0 aliphatic carbocycles. The number of methoxy groups -OCH3 is 1. The van der Waals surface area contributed by atoms with Crippen LogP contribution in [-0.4, -0.2) is 26.9 Å². The molecule has 4 rings (SSSR count). The SMILES string of the molecule is COc1ccc(C(C)(I)n2cc(-c3ccnc4[nH]ccc34)cn2)cc1F. The molecule has 0 bridgehead atoms. The van der Waals surface area contributed by atoms with E-state index < -0.39 is 3.55 Å². The van der Waals surface area contributed by atoms with Gasteiger partial charge in [-0.25, -0.2) is 9.37 Å². The predicted octanol–water partition coefficient (Wildman–Crippen LogP) is 4.73. The summed E-state index contributed by atoms with van der Waals surface area (Å²) in [5.74, 6) is -0.155. The molecule has 7 heteroatoms. The maximum atomic E-state index is 14.1. The number of hydrogen-bond donors (Lipinski definition) is 1. The first-order chi connectivity index (χ1) is 12.5. The third kappa shape index (κ3) is 2.76. The van der Waals surface area contributed by atoms with Gasteiger partial charge in [-0.05, 0) is 64.9 Å². The Hall–Kier alpha value is -2.42. The Morgan fingerprint density at radius 1 is 1.27 bits per heavy atom. The van der Waals surface area contributed by atoms with E-state index in [2.05, 4.69) is 37.7 Å². The minimum absolute atomic E-state index is 0.230. The average Bonchev–Trinajstić information content (AvgIpc) is 3.31. The Balaban J connectivity index is 1.75. The molecule has 1 aromatic carbocycles. The van der Waals surface area contributed by atoms with Crippen LogP contribution in [0.3, 0.4) is 0 Å². The number of hydrogen-bond acceptors (Lipinski definition) is 3. The van der Waals surface area contributed by atoms with E-state index in [1.165, 1.54) is 13.2 Å². The second kappa shape index (κ2) is 6.39. The lowest BCUT2D eigenvalue weighted by Gasteiger charge is -2.24. The van der Waals surface area contributed by atoms with Crippen LogP contribution in [0.25, 0.3) is 22.2 Å². The molecule has 0 aliphatic heterocycles. The molecule has 0 radical (unpaired) electrons. The van der Waals surface area contributed by atoms with Crippen LogP contribution in [0.15, 0.2) is 55.1 Å². The summed E-state index contributed by atoms with van der Waals surface area (Å²) in [6, 6.07) is 8.94. The zero-order valence-corrected chi connectivity index (χ0v) is 16.4. The van der Waals surface area contributed by atoms with Gasteiger partial charge in [-0.1, -0.05) is 6.07 Å². The maximum Gasteiger partial charge on any atom is 0.165 e. The second-order valence-electron chi connectivity index (χ2n) is 6.07. The van der Waals surface area contributed by atoms with E-state index in [9.17, 15) is 4.39 Å². The fourth-order valence-corrected chi connectivity index (χ4v) is 3.59. The van der Waals surface area contributed by atoms with Crippen LogP contribution < -0.4 is 4.74 Å². The second-order valence-corrected chi connectivity index (χ2v) is 8.18. The fraction of sp³-hybridized carbons (Fsp3) is 0.158. The average molecular weight is 462 g/mol. The normalized spacial score (nSPS) is 13.7. The van der Waals surface area contributed by atoms with Crippen LogP contribution in [0.2, 0.25) is 0 Å². The largest absolute Gasteiger partial charge is 0.494 e. The summed E-state index contributed by atoms with van der Waals surface area (Å²) in [5, 5.41) is 5.57. The monoisotopic (exact) mass is 462 g/mol. The Bertz CT molecular complexity index is 1090. The number of halogens is 2. The minimum atomic E-state index is -0.548. The summed E-state index contributed by atoms with van der Waals surface area (Å²) < 4.78 is 20.4. The molecule has 1 unspecified atom stereocenters. The zero-order chi connectivity index (χ0) is 18.3. The number of rotatable bonds is 4. The standard InChI is InChI=1S/C19H16FIN4O/c1-19(21,13-3-4-17(26-2)16(20)9-13)25-11-12(10-24-25)14-5-7-22-18-15(14)6-8-23-18/h3-11H,1-2H3,(H,22,23). The lowest BCUT2D eigenvalue weighted by molar-refractivity contribution is 0.385. The predicted molar refractivity (Wildman–Crippen MR) is 107 cm³/mol. The van der Waals surface area contributed by atoms with Crippen LogP contribution in [0.4, 0.5) is 4.39 Å². The molecule has 26 heavy (non-hydrogen) atoms. The van der Waals surface area contributed by atoms with E-state index >= 15 is 0 Å². The molecule has 0 fully saturated rings.